The molecular formula is C10H23N. The van der Waals surface area contributed by atoms with Gasteiger partial charge < -0.3 is 4.90 Å². The highest BCUT2D eigenvalue weighted by molar-refractivity contribution is 4.83. The van der Waals surface area contributed by atoms with Crippen LogP contribution in [0.4, 0.5) is 0 Å². The number of hydrogen-bond acceptors (Lipinski definition) is 1. The lowest BCUT2D eigenvalue weighted by Gasteiger charge is -2.22. The van der Waals surface area contributed by atoms with Gasteiger partial charge in [0.25, 0.3) is 0 Å². The minimum Gasteiger partial charge on any atom is -0.300 e. The van der Waals surface area contributed by atoms with E-state index in [1.54, 1.807) is 0 Å². The van der Waals surface area contributed by atoms with E-state index in [1.807, 2.05) is 0 Å². The molecular weight excluding hydrogens is 134 g/mol. The Kier molecular flexibility index (Phi) is 3.56. The molecule has 0 aromatic carbocycles. The predicted octanol–water partition coefficient (Wildman–Crippen LogP) is 2.76. The molecule has 1 fully saturated rings. The van der Waals surface area contributed by atoms with Gasteiger partial charge in [0, 0.05) is 12.6 Å². The van der Waals surface area contributed by atoms with Gasteiger partial charge in [-0.05, 0) is 32.2 Å². The maximum absolute atomic E-state index is 2.56. The van der Waals surface area contributed by atoms with Crippen LogP contribution in [0.2, 0.25) is 0 Å². The lowest BCUT2D eigenvalue weighted by Crippen LogP contribution is -2.29. The minimum absolute atomic E-state index is 0. The highest BCUT2D eigenvalue weighted by atomic mass is 15.2. The predicted molar refractivity (Wildman–Crippen MR) is 51.8 cm³/mol. The summed E-state index contributed by atoms with van der Waals surface area (Å²) in [7, 11) is 0. The fourth-order valence-electron chi connectivity index (χ4n) is 1.59. The van der Waals surface area contributed by atoms with Gasteiger partial charge in [-0.1, -0.05) is 21.3 Å². The van der Waals surface area contributed by atoms with Crippen LogP contribution < -0.4 is 0 Å². The Morgan fingerprint density at radius 3 is 2.00 bits per heavy atom. The van der Waals surface area contributed by atoms with Crippen molar-refractivity contribution in [3.63, 3.8) is 0 Å². The van der Waals surface area contributed by atoms with Crippen molar-refractivity contribution >= 4 is 0 Å². The summed E-state index contributed by atoms with van der Waals surface area (Å²) < 4.78 is 0. The molecule has 1 heteroatoms. The zero-order valence-electron chi connectivity index (χ0n) is 7.65. The van der Waals surface area contributed by atoms with Crippen molar-refractivity contribution < 1.29 is 0 Å². The van der Waals surface area contributed by atoms with Gasteiger partial charge in [0.1, 0.15) is 0 Å². The second kappa shape index (κ2) is 3.57. The van der Waals surface area contributed by atoms with E-state index in [2.05, 4.69) is 32.6 Å². The Labute approximate surface area is 71.8 Å². The first kappa shape index (κ1) is 11.0. The second-order valence-corrected chi connectivity index (χ2v) is 4.48. The molecule has 1 rings (SSSR count). The maximum atomic E-state index is 2.56. The summed E-state index contributed by atoms with van der Waals surface area (Å²) in [5, 5.41) is 0. The molecule has 0 unspecified atom stereocenters. The Morgan fingerprint density at radius 1 is 1.27 bits per heavy atom. The Morgan fingerprint density at radius 2 is 1.82 bits per heavy atom. The molecule has 1 saturated heterocycles. The average molecular weight is 157 g/mol. The van der Waals surface area contributed by atoms with Crippen LogP contribution in [0.1, 0.15) is 41.5 Å². The van der Waals surface area contributed by atoms with E-state index in [1.165, 1.54) is 19.5 Å². The van der Waals surface area contributed by atoms with Gasteiger partial charge in [0.2, 0.25) is 0 Å². The summed E-state index contributed by atoms with van der Waals surface area (Å²) >= 11 is 0. The van der Waals surface area contributed by atoms with E-state index in [-0.39, 0.29) is 7.43 Å². The maximum Gasteiger partial charge on any atom is 0.00388 e. The van der Waals surface area contributed by atoms with E-state index < -0.39 is 0 Å². The molecule has 0 atom stereocenters. The zero-order valence-corrected chi connectivity index (χ0v) is 7.65. The van der Waals surface area contributed by atoms with Crippen LogP contribution in [0.15, 0.2) is 0 Å². The van der Waals surface area contributed by atoms with Crippen LogP contribution >= 0.6 is 0 Å². The fourth-order valence-corrected chi connectivity index (χ4v) is 1.59. The SMILES string of the molecule is C.CC(C)N1CCC(C)(C)C1. The van der Waals surface area contributed by atoms with Crippen molar-refractivity contribution in [1.82, 2.24) is 4.90 Å². The number of nitrogens with zero attached hydrogens (tertiary/aromatic N) is 1. The van der Waals surface area contributed by atoms with Crippen molar-refractivity contribution in [2.24, 2.45) is 5.41 Å². The Balaban J connectivity index is 0.000001000. The summed E-state index contributed by atoms with van der Waals surface area (Å²) in [6.07, 6.45) is 1.37. The van der Waals surface area contributed by atoms with Gasteiger partial charge in [-0.3, -0.25) is 0 Å². The van der Waals surface area contributed by atoms with Crippen LogP contribution in [-0.4, -0.2) is 24.0 Å². The first-order valence-corrected chi connectivity index (χ1v) is 4.25. The van der Waals surface area contributed by atoms with Crippen molar-refractivity contribution in [2.75, 3.05) is 13.1 Å². The van der Waals surface area contributed by atoms with Crippen molar-refractivity contribution in [1.29, 1.82) is 0 Å². The molecule has 1 heterocycles. The third-order valence-electron chi connectivity index (χ3n) is 2.44. The van der Waals surface area contributed by atoms with Crippen LogP contribution in [0.25, 0.3) is 0 Å². The van der Waals surface area contributed by atoms with Crippen LogP contribution in [-0.2, 0) is 0 Å². The molecule has 0 N–H and O–H groups in total. The third-order valence-corrected chi connectivity index (χ3v) is 2.44. The zero-order chi connectivity index (χ0) is 7.78. The first-order valence-electron chi connectivity index (χ1n) is 4.25. The van der Waals surface area contributed by atoms with Gasteiger partial charge in [-0.15, -0.1) is 0 Å². The van der Waals surface area contributed by atoms with E-state index in [9.17, 15) is 0 Å². The van der Waals surface area contributed by atoms with Crippen molar-refractivity contribution in [3.8, 4) is 0 Å². The highest BCUT2D eigenvalue weighted by Gasteiger charge is 2.29. The van der Waals surface area contributed by atoms with E-state index >= 15 is 0 Å². The third kappa shape index (κ3) is 2.82. The second-order valence-electron chi connectivity index (χ2n) is 4.48. The van der Waals surface area contributed by atoms with Gasteiger partial charge in [-0.2, -0.15) is 0 Å². The fraction of sp³-hybridized carbons (Fsp3) is 1.00. The molecule has 68 valence electrons. The average Bonchev–Trinajstić information content (AvgIpc) is 2.10. The number of rotatable bonds is 1. The minimum atomic E-state index is 0. The highest BCUT2D eigenvalue weighted by Crippen LogP contribution is 2.29. The van der Waals surface area contributed by atoms with Gasteiger partial charge in [0.05, 0.1) is 0 Å². The molecule has 0 amide bonds. The molecule has 1 aliphatic heterocycles. The molecule has 0 aromatic rings. The Hall–Kier alpha value is -0.0400. The smallest absolute Gasteiger partial charge is 0.00388 e. The molecule has 0 saturated carbocycles. The van der Waals surface area contributed by atoms with Crippen molar-refractivity contribution in [2.45, 2.75) is 47.6 Å². The standard InChI is InChI=1S/C9H19N.CH4/c1-8(2)10-6-5-9(3,4)7-10;/h8H,5-7H2,1-4H3;1H4. The van der Waals surface area contributed by atoms with Crippen molar-refractivity contribution in [3.05, 3.63) is 0 Å². The lowest BCUT2D eigenvalue weighted by molar-refractivity contribution is 0.243. The number of hydrogen-bond donors (Lipinski definition) is 0. The van der Waals surface area contributed by atoms with Gasteiger partial charge >= 0.3 is 0 Å². The van der Waals surface area contributed by atoms with Gasteiger partial charge in [-0.25, -0.2) is 0 Å². The summed E-state index contributed by atoms with van der Waals surface area (Å²) in [4.78, 5) is 2.56. The molecule has 0 spiro atoms. The van der Waals surface area contributed by atoms with Crippen LogP contribution in [0.3, 0.4) is 0 Å². The molecule has 1 aliphatic rings. The Bertz CT molecular complexity index is 116. The van der Waals surface area contributed by atoms with E-state index in [4.69, 9.17) is 0 Å². The van der Waals surface area contributed by atoms with Crippen LogP contribution in [0, 0.1) is 5.41 Å². The topological polar surface area (TPSA) is 3.24 Å². The molecule has 0 aliphatic carbocycles. The van der Waals surface area contributed by atoms with Crippen LogP contribution in [0.5, 0.6) is 0 Å². The summed E-state index contributed by atoms with van der Waals surface area (Å²) in [5.41, 5.74) is 0.574. The molecule has 0 aromatic heterocycles. The molecule has 0 bridgehead atoms. The molecule has 1 nitrogen and oxygen atoms in total. The summed E-state index contributed by atoms with van der Waals surface area (Å²) in [6.45, 7) is 11.9. The quantitative estimate of drug-likeness (QED) is 0.565. The largest absolute Gasteiger partial charge is 0.300 e. The lowest BCUT2D eigenvalue weighted by atomic mass is 9.93. The summed E-state index contributed by atoms with van der Waals surface area (Å²) in [5.74, 6) is 0. The normalized spacial score (nSPS) is 23.7. The van der Waals surface area contributed by atoms with Gasteiger partial charge in [0.15, 0.2) is 0 Å². The van der Waals surface area contributed by atoms with E-state index in [0.717, 1.165) is 6.04 Å². The van der Waals surface area contributed by atoms with E-state index in [0.29, 0.717) is 5.41 Å². The molecule has 11 heavy (non-hydrogen) atoms. The monoisotopic (exact) mass is 157 g/mol. The summed E-state index contributed by atoms with van der Waals surface area (Å²) in [6, 6.07) is 0.738. The number of likely N-dealkylation sites (tertiary alicyclic amines) is 1. The first-order chi connectivity index (χ1) is 4.51. The molecule has 0 radical (unpaired) electrons.